The molecule has 0 aliphatic carbocycles. The Morgan fingerprint density at radius 2 is 2.10 bits per heavy atom. The van der Waals surface area contributed by atoms with Gasteiger partial charge in [-0.2, -0.15) is 11.8 Å². The van der Waals surface area contributed by atoms with E-state index in [-0.39, 0.29) is 6.61 Å². The molecule has 0 aliphatic heterocycles. The Morgan fingerprint density at radius 1 is 1.35 bits per heavy atom. The molecule has 1 heterocycles. The molecule has 108 valence electrons. The van der Waals surface area contributed by atoms with Crippen LogP contribution in [0.2, 0.25) is 0 Å². The number of aliphatic hydroxyl groups excluding tert-OH is 1. The highest BCUT2D eigenvalue weighted by Crippen LogP contribution is 2.21. The summed E-state index contributed by atoms with van der Waals surface area (Å²) in [6, 6.07) is 9.70. The van der Waals surface area contributed by atoms with Crippen molar-refractivity contribution in [1.82, 2.24) is 4.98 Å². The van der Waals surface area contributed by atoms with Gasteiger partial charge in [0.25, 0.3) is 0 Å². The fourth-order valence-electron chi connectivity index (χ4n) is 2.07. The second kappa shape index (κ2) is 6.43. The van der Waals surface area contributed by atoms with Gasteiger partial charge >= 0.3 is 0 Å². The summed E-state index contributed by atoms with van der Waals surface area (Å²) in [5.41, 5.74) is 0.805. The van der Waals surface area contributed by atoms with Crippen molar-refractivity contribution in [3.8, 4) is 0 Å². The number of thioether (sulfide) groups is 1. The van der Waals surface area contributed by atoms with E-state index in [0.717, 1.165) is 16.5 Å². The first-order valence-corrected chi connectivity index (χ1v) is 7.90. The van der Waals surface area contributed by atoms with E-state index in [0.29, 0.717) is 18.1 Å². The average molecular weight is 292 g/mol. The fraction of sp³-hybridized carbons (Fsp3) is 0.400. The van der Waals surface area contributed by atoms with E-state index < -0.39 is 5.60 Å². The molecule has 0 saturated heterocycles. The van der Waals surface area contributed by atoms with E-state index >= 15 is 0 Å². The molecule has 0 aliphatic rings. The molecule has 0 spiro atoms. The maximum atomic E-state index is 10.2. The molecule has 4 nitrogen and oxygen atoms in total. The van der Waals surface area contributed by atoms with Crippen LogP contribution in [0.5, 0.6) is 0 Å². The number of anilines is 1. The molecule has 0 bridgehead atoms. The lowest BCUT2D eigenvalue weighted by Gasteiger charge is -2.23. The van der Waals surface area contributed by atoms with Crippen LogP contribution in [0.25, 0.3) is 10.9 Å². The lowest BCUT2D eigenvalue weighted by Crippen LogP contribution is -2.36. The van der Waals surface area contributed by atoms with Gasteiger partial charge in [0.15, 0.2) is 0 Å². The molecule has 3 N–H and O–H groups in total. The van der Waals surface area contributed by atoms with Gasteiger partial charge < -0.3 is 15.5 Å². The molecule has 0 amide bonds. The maximum Gasteiger partial charge on any atom is 0.132 e. The van der Waals surface area contributed by atoms with E-state index in [1.807, 2.05) is 36.6 Å². The summed E-state index contributed by atoms with van der Waals surface area (Å²) in [5, 5.41) is 23.8. The molecule has 20 heavy (non-hydrogen) atoms. The van der Waals surface area contributed by atoms with Gasteiger partial charge in [0.2, 0.25) is 0 Å². The van der Waals surface area contributed by atoms with E-state index in [2.05, 4.69) is 10.3 Å². The minimum Gasteiger partial charge on any atom is -0.392 e. The van der Waals surface area contributed by atoms with Crippen molar-refractivity contribution in [2.45, 2.75) is 19.1 Å². The van der Waals surface area contributed by atoms with Crippen LogP contribution < -0.4 is 5.32 Å². The lowest BCUT2D eigenvalue weighted by atomic mass is 10.1. The lowest BCUT2D eigenvalue weighted by molar-refractivity contribution is 0.0995. The summed E-state index contributed by atoms with van der Waals surface area (Å²) in [6.45, 7) is 2.10. The summed E-state index contributed by atoms with van der Waals surface area (Å²) in [5.74, 6) is 1.27. The molecule has 2 aromatic rings. The van der Waals surface area contributed by atoms with Gasteiger partial charge in [0.1, 0.15) is 5.82 Å². The van der Waals surface area contributed by atoms with Gasteiger partial charge in [-0.25, -0.2) is 4.98 Å². The number of pyridine rings is 1. The predicted octanol–water partition coefficient (Wildman–Crippen LogP) is 2.25. The fourth-order valence-corrected chi connectivity index (χ4v) is 2.79. The zero-order chi connectivity index (χ0) is 14.6. The molecule has 1 unspecified atom stereocenters. The summed E-state index contributed by atoms with van der Waals surface area (Å²) in [4.78, 5) is 4.52. The quantitative estimate of drug-likeness (QED) is 0.762. The Bertz CT molecular complexity index is 587. The van der Waals surface area contributed by atoms with Crippen molar-refractivity contribution in [2.24, 2.45) is 0 Å². The third-order valence-electron chi connectivity index (χ3n) is 3.07. The van der Waals surface area contributed by atoms with Crippen LogP contribution in [0.3, 0.4) is 0 Å². The second-order valence-corrected chi connectivity index (χ2v) is 6.00. The van der Waals surface area contributed by atoms with Crippen LogP contribution in [0, 0.1) is 0 Å². The van der Waals surface area contributed by atoms with Crippen LogP contribution in [-0.2, 0) is 6.61 Å². The molecular weight excluding hydrogens is 272 g/mol. The van der Waals surface area contributed by atoms with Crippen molar-refractivity contribution in [3.63, 3.8) is 0 Å². The van der Waals surface area contributed by atoms with Crippen LogP contribution >= 0.6 is 11.8 Å². The van der Waals surface area contributed by atoms with Crippen molar-refractivity contribution < 1.29 is 10.2 Å². The number of nitrogens with one attached hydrogen (secondary N) is 1. The number of fused-ring (bicyclic) bond motifs is 1. The van der Waals surface area contributed by atoms with E-state index in [4.69, 9.17) is 0 Å². The van der Waals surface area contributed by atoms with Gasteiger partial charge in [0, 0.05) is 23.2 Å². The van der Waals surface area contributed by atoms with Crippen LogP contribution in [0.4, 0.5) is 5.82 Å². The minimum absolute atomic E-state index is 0.0785. The van der Waals surface area contributed by atoms with Crippen LogP contribution in [0.1, 0.15) is 12.5 Å². The molecule has 1 aromatic heterocycles. The van der Waals surface area contributed by atoms with Crippen LogP contribution in [-0.4, -0.2) is 39.4 Å². The Morgan fingerprint density at radius 3 is 2.80 bits per heavy atom. The number of hydrogen-bond donors (Lipinski definition) is 3. The van der Waals surface area contributed by atoms with E-state index in [9.17, 15) is 10.2 Å². The first-order chi connectivity index (χ1) is 9.55. The number of hydrogen-bond acceptors (Lipinski definition) is 5. The summed E-state index contributed by atoms with van der Waals surface area (Å²) in [7, 11) is 0. The number of rotatable bonds is 6. The monoisotopic (exact) mass is 292 g/mol. The normalized spacial score (nSPS) is 14.2. The van der Waals surface area contributed by atoms with Gasteiger partial charge in [-0.3, -0.25) is 0 Å². The highest BCUT2D eigenvalue weighted by molar-refractivity contribution is 7.98. The van der Waals surface area contributed by atoms with Crippen molar-refractivity contribution in [1.29, 1.82) is 0 Å². The zero-order valence-electron chi connectivity index (χ0n) is 11.8. The number of aromatic nitrogens is 1. The predicted molar refractivity (Wildman–Crippen MR) is 85.2 cm³/mol. The Hall–Kier alpha value is -1.30. The molecule has 0 radical (unpaired) electrons. The Labute approximate surface area is 123 Å². The summed E-state index contributed by atoms with van der Waals surface area (Å²) in [6.07, 6.45) is 1.96. The number of nitrogens with zero attached hydrogens (tertiary/aromatic N) is 1. The van der Waals surface area contributed by atoms with E-state index in [1.54, 1.807) is 18.7 Å². The molecule has 2 rings (SSSR count). The van der Waals surface area contributed by atoms with Crippen LogP contribution in [0.15, 0.2) is 30.3 Å². The third-order valence-corrected chi connectivity index (χ3v) is 3.98. The van der Waals surface area contributed by atoms with Crippen molar-refractivity contribution >= 4 is 28.5 Å². The first-order valence-electron chi connectivity index (χ1n) is 6.50. The van der Waals surface area contributed by atoms with Gasteiger partial charge in [0.05, 0.1) is 17.7 Å². The SMILES string of the molecule is CSCC(C)(O)CNc1nc2ccccc2cc1CO. The number of aliphatic hydroxyl groups is 2. The van der Waals surface area contributed by atoms with E-state index in [1.165, 1.54) is 0 Å². The number of benzene rings is 1. The van der Waals surface area contributed by atoms with Gasteiger partial charge in [-0.1, -0.05) is 18.2 Å². The standard InChI is InChI=1S/C15H20N2O2S/c1-15(19,10-20-2)9-16-14-12(8-18)7-11-5-3-4-6-13(11)17-14/h3-7,18-19H,8-10H2,1-2H3,(H,16,17). The second-order valence-electron chi connectivity index (χ2n) is 5.13. The maximum absolute atomic E-state index is 10.2. The Balaban J connectivity index is 2.24. The summed E-state index contributed by atoms with van der Waals surface area (Å²) < 4.78 is 0. The molecule has 1 aromatic carbocycles. The minimum atomic E-state index is -0.806. The molecule has 1 atom stereocenters. The van der Waals surface area contributed by atoms with Gasteiger partial charge in [-0.15, -0.1) is 0 Å². The third kappa shape index (κ3) is 3.62. The Kier molecular flexibility index (Phi) is 4.86. The first kappa shape index (κ1) is 15.1. The molecule has 0 saturated carbocycles. The molecule has 5 heteroatoms. The van der Waals surface area contributed by atoms with Gasteiger partial charge in [-0.05, 0) is 25.3 Å². The van der Waals surface area contributed by atoms with Crippen molar-refractivity contribution in [2.75, 3.05) is 23.9 Å². The highest BCUT2D eigenvalue weighted by atomic mass is 32.2. The average Bonchev–Trinajstić information content (AvgIpc) is 2.44. The largest absolute Gasteiger partial charge is 0.392 e. The molecule has 0 fully saturated rings. The summed E-state index contributed by atoms with van der Waals surface area (Å²) >= 11 is 1.60. The topological polar surface area (TPSA) is 65.4 Å². The highest BCUT2D eigenvalue weighted by Gasteiger charge is 2.20. The zero-order valence-corrected chi connectivity index (χ0v) is 12.6. The van der Waals surface area contributed by atoms with Crippen molar-refractivity contribution in [3.05, 3.63) is 35.9 Å². The smallest absolute Gasteiger partial charge is 0.132 e. The number of para-hydroxylation sites is 1. The molecular formula is C15H20N2O2S.